The average molecular weight is 383 g/mol. The molecule has 27 heavy (non-hydrogen) atoms. The zero-order valence-electron chi connectivity index (χ0n) is 17.7. The highest BCUT2D eigenvalue weighted by Gasteiger charge is 2.34. The molecule has 2 aliphatic rings. The van der Waals surface area contributed by atoms with E-state index in [1.807, 2.05) is 25.7 Å². The van der Waals surface area contributed by atoms with Gasteiger partial charge in [0.1, 0.15) is 5.60 Å². The van der Waals surface area contributed by atoms with Crippen LogP contribution in [0.25, 0.3) is 0 Å². The van der Waals surface area contributed by atoms with Crippen LogP contribution in [0.2, 0.25) is 0 Å². The average Bonchev–Trinajstić information content (AvgIpc) is 2.60. The molecular formula is C21H38N2O4. The van der Waals surface area contributed by atoms with Crippen LogP contribution < -0.4 is 0 Å². The number of likely N-dealkylation sites (tertiary alicyclic amines) is 2. The van der Waals surface area contributed by atoms with Crippen molar-refractivity contribution in [3.05, 3.63) is 0 Å². The number of carbonyl (C=O) groups excluding carboxylic acids is 2. The Hall–Kier alpha value is -1.30. The predicted molar refractivity (Wildman–Crippen MR) is 105 cm³/mol. The van der Waals surface area contributed by atoms with Crippen LogP contribution >= 0.6 is 0 Å². The van der Waals surface area contributed by atoms with E-state index in [-0.39, 0.29) is 24.0 Å². The van der Waals surface area contributed by atoms with Crippen molar-refractivity contribution in [3.8, 4) is 0 Å². The summed E-state index contributed by atoms with van der Waals surface area (Å²) in [6.07, 6.45) is 3.39. The molecule has 6 nitrogen and oxygen atoms in total. The molecule has 156 valence electrons. The summed E-state index contributed by atoms with van der Waals surface area (Å²) in [7, 11) is 0. The summed E-state index contributed by atoms with van der Waals surface area (Å²) in [6, 6.07) is 0. The molecule has 0 aromatic carbocycles. The molecule has 2 saturated heterocycles. The molecule has 3 atom stereocenters. The zero-order chi connectivity index (χ0) is 20.2. The third-order valence-corrected chi connectivity index (χ3v) is 6.08. The second-order valence-electron chi connectivity index (χ2n) is 9.36. The number of aliphatic hydroxyl groups excluding tert-OH is 1. The quantitative estimate of drug-likeness (QED) is 0.810. The summed E-state index contributed by atoms with van der Waals surface area (Å²) in [5, 5.41) is 10.3. The van der Waals surface area contributed by atoms with Crippen LogP contribution in [0.1, 0.15) is 66.7 Å². The highest BCUT2D eigenvalue weighted by molar-refractivity contribution is 5.76. The number of amides is 2. The standard InChI is InChI=1S/C21H38N2O4/c1-6-15(2)17-14-23(12-9-18(17)24)19(25)13-16-7-10-22(11-8-16)20(26)27-21(3,4)5/h15-18,24H,6-14H2,1-5H3. The Morgan fingerprint density at radius 2 is 1.70 bits per heavy atom. The molecule has 0 aromatic rings. The molecule has 2 aliphatic heterocycles. The maximum absolute atomic E-state index is 12.8. The largest absolute Gasteiger partial charge is 0.444 e. The summed E-state index contributed by atoms with van der Waals surface area (Å²) in [4.78, 5) is 28.6. The van der Waals surface area contributed by atoms with Crippen LogP contribution in [0.3, 0.4) is 0 Å². The Balaban J connectivity index is 1.79. The summed E-state index contributed by atoms with van der Waals surface area (Å²) in [6.45, 7) is 12.6. The summed E-state index contributed by atoms with van der Waals surface area (Å²) >= 11 is 0. The number of hydrogen-bond acceptors (Lipinski definition) is 4. The van der Waals surface area contributed by atoms with Gasteiger partial charge in [-0.05, 0) is 51.9 Å². The molecule has 6 heteroatoms. The fourth-order valence-electron chi connectivity index (χ4n) is 4.08. The van der Waals surface area contributed by atoms with Gasteiger partial charge in [-0.1, -0.05) is 20.3 Å². The third-order valence-electron chi connectivity index (χ3n) is 6.08. The smallest absolute Gasteiger partial charge is 0.410 e. The lowest BCUT2D eigenvalue weighted by molar-refractivity contribution is -0.137. The van der Waals surface area contributed by atoms with Gasteiger partial charge in [0.2, 0.25) is 5.91 Å². The van der Waals surface area contributed by atoms with Crippen molar-refractivity contribution in [3.63, 3.8) is 0 Å². The first-order valence-electron chi connectivity index (χ1n) is 10.5. The Morgan fingerprint density at radius 1 is 1.11 bits per heavy atom. The van der Waals surface area contributed by atoms with Crippen molar-refractivity contribution >= 4 is 12.0 Å². The molecule has 0 aliphatic carbocycles. The molecule has 0 bridgehead atoms. The van der Waals surface area contributed by atoms with Crippen molar-refractivity contribution in [1.29, 1.82) is 0 Å². The van der Waals surface area contributed by atoms with E-state index in [1.54, 1.807) is 4.90 Å². The fourth-order valence-corrected chi connectivity index (χ4v) is 4.08. The van der Waals surface area contributed by atoms with Crippen molar-refractivity contribution in [2.24, 2.45) is 17.8 Å². The topological polar surface area (TPSA) is 70.1 Å². The minimum atomic E-state index is -0.477. The van der Waals surface area contributed by atoms with Crippen LogP contribution in [-0.2, 0) is 9.53 Å². The summed E-state index contributed by atoms with van der Waals surface area (Å²) < 4.78 is 5.43. The molecule has 0 aromatic heterocycles. The van der Waals surface area contributed by atoms with Crippen LogP contribution in [0.5, 0.6) is 0 Å². The van der Waals surface area contributed by atoms with E-state index in [1.165, 1.54) is 0 Å². The minimum absolute atomic E-state index is 0.182. The van der Waals surface area contributed by atoms with E-state index >= 15 is 0 Å². The van der Waals surface area contributed by atoms with Gasteiger partial charge in [-0.15, -0.1) is 0 Å². The zero-order valence-corrected chi connectivity index (χ0v) is 17.7. The molecule has 1 N–H and O–H groups in total. The number of piperidine rings is 2. The summed E-state index contributed by atoms with van der Waals surface area (Å²) in [5.74, 6) is 1.13. The normalized spacial score (nSPS) is 26.0. The van der Waals surface area contributed by atoms with E-state index < -0.39 is 5.60 Å². The number of nitrogens with zero attached hydrogens (tertiary/aromatic N) is 2. The van der Waals surface area contributed by atoms with Gasteiger partial charge in [-0.25, -0.2) is 4.79 Å². The Labute approximate surface area is 164 Å². The van der Waals surface area contributed by atoms with E-state index in [0.29, 0.717) is 50.9 Å². The molecule has 2 heterocycles. The van der Waals surface area contributed by atoms with Gasteiger partial charge >= 0.3 is 6.09 Å². The molecular weight excluding hydrogens is 344 g/mol. The van der Waals surface area contributed by atoms with E-state index in [2.05, 4.69) is 13.8 Å². The molecule has 0 spiro atoms. The number of aliphatic hydroxyl groups is 1. The second-order valence-corrected chi connectivity index (χ2v) is 9.36. The van der Waals surface area contributed by atoms with Crippen molar-refractivity contribution in [2.75, 3.05) is 26.2 Å². The number of carbonyl (C=O) groups is 2. The number of ether oxygens (including phenoxy) is 1. The van der Waals surface area contributed by atoms with Gasteiger partial charge in [0.05, 0.1) is 6.10 Å². The molecule has 0 saturated carbocycles. The maximum Gasteiger partial charge on any atom is 0.410 e. The first-order chi connectivity index (χ1) is 12.6. The highest BCUT2D eigenvalue weighted by Crippen LogP contribution is 2.28. The van der Waals surface area contributed by atoms with E-state index in [4.69, 9.17) is 4.74 Å². The maximum atomic E-state index is 12.8. The Morgan fingerprint density at radius 3 is 2.26 bits per heavy atom. The van der Waals surface area contributed by atoms with Gasteiger partial charge in [0.25, 0.3) is 0 Å². The molecule has 2 amide bonds. The van der Waals surface area contributed by atoms with Crippen molar-refractivity contribution in [2.45, 2.75) is 78.4 Å². The van der Waals surface area contributed by atoms with Gasteiger partial charge < -0.3 is 19.6 Å². The van der Waals surface area contributed by atoms with E-state index in [0.717, 1.165) is 19.3 Å². The third kappa shape index (κ3) is 6.37. The van der Waals surface area contributed by atoms with Crippen LogP contribution in [-0.4, -0.2) is 64.8 Å². The first-order valence-corrected chi connectivity index (χ1v) is 10.5. The second kappa shape index (κ2) is 9.26. The van der Waals surface area contributed by atoms with Crippen molar-refractivity contribution in [1.82, 2.24) is 9.80 Å². The first kappa shape index (κ1) is 22.0. The lowest BCUT2D eigenvalue weighted by Gasteiger charge is -2.40. The monoisotopic (exact) mass is 382 g/mol. The molecule has 3 unspecified atom stereocenters. The minimum Gasteiger partial charge on any atom is -0.444 e. The van der Waals surface area contributed by atoms with Crippen LogP contribution in [0.15, 0.2) is 0 Å². The lowest BCUT2D eigenvalue weighted by atomic mass is 9.82. The van der Waals surface area contributed by atoms with Gasteiger partial charge in [-0.2, -0.15) is 0 Å². The number of rotatable bonds is 4. The predicted octanol–water partition coefficient (Wildman–Crippen LogP) is 3.28. The summed E-state index contributed by atoms with van der Waals surface area (Å²) in [5.41, 5.74) is -0.477. The van der Waals surface area contributed by atoms with Crippen LogP contribution in [0, 0.1) is 17.8 Å². The molecule has 2 rings (SSSR count). The molecule has 2 fully saturated rings. The van der Waals surface area contributed by atoms with Gasteiger partial charge in [-0.3, -0.25) is 4.79 Å². The van der Waals surface area contributed by atoms with Crippen LogP contribution in [0.4, 0.5) is 4.79 Å². The van der Waals surface area contributed by atoms with Gasteiger partial charge in [0, 0.05) is 38.5 Å². The highest BCUT2D eigenvalue weighted by atomic mass is 16.6. The molecule has 0 radical (unpaired) electrons. The SMILES string of the molecule is CCC(C)C1CN(C(=O)CC2CCN(C(=O)OC(C)(C)C)CC2)CCC1O. The lowest BCUT2D eigenvalue weighted by Crippen LogP contribution is -2.48. The number of hydrogen-bond donors (Lipinski definition) is 1. The van der Waals surface area contributed by atoms with Gasteiger partial charge in [0.15, 0.2) is 0 Å². The van der Waals surface area contributed by atoms with Crippen molar-refractivity contribution < 1.29 is 19.4 Å². The fraction of sp³-hybridized carbons (Fsp3) is 0.905. The van der Waals surface area contributed by atoms with E-state index in [9.17, 15) is 14.7 Å². The Kier molecular flexibility index (Phi) is 7.55. The Bertz CT molecular complexity index is 505.